The zero-order valence-corrected chi connectivity index (χ0v) is 20.2. The van der Waals surface area contributed by atoms with E-state index in [1.54, 1.807) is 0 Å². The molecule has 0 fully saturated rings. The van der Waals surface area contributed by atoms with E-state index < -0.39 is 5.41 Å². The minimum atomic E-state index is -0.715. The molecular weight excluding hydrogens is 420 g/mol. The minimum Gasteiger partial charge on any atom is -0.325 e. The van der Waals surface area contributed by atoms with Gasteiger partial charge in [-0.3, -0.25) is 14.5 Å². The van der Waals surface area contributed by atoms with Gasteiger partial charge in [0, 0.05) is 38.2 Å². The van der Waals surface area contributed by atoms with Gasteiger partial charge in [-0.2, -0.15) is 0 Å². The molecule has 4 heteroatoms. The highest BCUT2D eigenvalue weighted by Crippen LogP contribution is 2.47. The number of Topliss-reactive ketones (excluding diaryl/α,β-unsaturated/α-hetero) is 1. The Bertz CT molecular complexity index is 1070. The van der Waals surface area contributed by atoms with Crippen LogP contribution in [0.2, 0.25) is 0 Å². The van der Waals surface area contributed by atoms with Crippen LogP contribution in [0.25, 0.3) is 0 Å². The summed E-state index contributed by atoms with van der Waals surface area (Å²) in [6.07, 6.45) is 1.57. The molecule has 2 atom stereocenters. The third kappa shape index (κ3) is 5.13. The molecule has 0 spiro atoms. The van der Waals surface area contributed by atoms with Gasteiger partial charge in [0.05, 0.1) is 5.41 Å². The number of hydrogen-bond donors (Lipinski definition) is 1. The number of benzene rings is 3. The van der Waals surface area contributed by atoms with Crippen molar-refractivity contribution in [3.63, 3.8) is 0 Å². The van der Waals surface area contributed by atoms with Crippen molar-refractivity contribution in [2.24, 2.45) is 5.92 Å². The summed E-state index contributed by atoms with van der Waals surface area (Å²) >= 11 is 0. The second-order valence-electron chi connectivity index (χ2n) is 9.40. The summed E-state index contributed by atoms with van der Waals surface area (Å²) in [6, 6.07) is 28.9. The molecular formula is C30H34N2O2. The molecule has 1 heterocycles. The third-order valence-corrected chi connectivity index (χ3v) is 7.15. The van der Waals surface area contributed by atoms with Crippen molar-refractivity contribution in [2.45, 2.75) is 51.6 Å². The lowest BCUT2D eigenvalue weighted by Crippen LogP contribution is -2.44. The number of ketones is 1. The number of rotatable bonds is 11. The first-order chi connectivity index (χ1) is 16.5. The predicted octanol–water partition coefficient (Wildman–Crippen LogP) is 5.97. The van der Waals surface area contributed by atoms with Crippen LogP contribution < -0.4 is 5.32 Å². The Hall–Kier alpha value is -3.24. The van der Waals surface area contributed by atoms with Gasteiger partial charge in [0.2, 0.25) is 5.91 Å². The lowest BCUT2D eigenvalue weighted by atomic mass is 9.67. The molecule has 2 unspecified atom stereocenters. The van der Waals surface area contributed by atoms with Crippen molar-refractivity contribution in [3.05, 3.63) is 102 Å². The number of nitrogens with one attached hydrogen (secondary N) is 1. The van der Waals surface area contributed by atoms with Crippen LogP contribution in [0.1, 0.15) is 49.8 Å². The lowest BCUT2D eigenvalue weighted by molar-refractivity contribution is -0.125. The van der Waals surface area contributed by atoms with Crippen LogP contribution in [0, 0.1) is 5.92 Å². The smallest absolute Gasteiger partial charge is 0.235 e. The number of anilines is 1. The van der Waals surface area contributed by atoms with Crippen LogP contribution in [-0.2, 0) is 28.1 Å². The number of fused-ring (bicyclic) bond motifs is 1. The maximum absolute atomic E-state index is 13.6. The molecule has 4 rings (SSSR count). The fourth-order valence-electron chi connectivity index (χ4n) is 5.21. The normalized spacial score (nSPS) is 17.9. The minimum absolute atomic E-state index is 0.0180. The number of para-hydroxylation sites is 1. The molecule has 176 valence electrons. The first-order valence-corrected chi connectivity index (χ1v) is 12.3. The van der Waals surface area contributed by atoms with Crippen LogP contribution in [0.3, 0.4) is 0 Å². The maximum Gasteiger partial charge on any atom is 0.235 e. The zero-order valence-electron chi connectivity index (χ0n) is 20.2. The quantitative estimate of drug-likeness (QED) is 0.388. The van der Waals surface area contributed by atoms with E-state index in [4.69, 9.17) is 0 Å². The van der Waals surface area contributed by atoms with Gasteiger partial charge in [-0.15, -0.1) is 0 Å². The Balaban J connectivity index is 1.63. The first-order valence-electron chi connectivity index (χ1n) is 12.3. The van der Waals surface area contributed by atoms with Gasteiger partial charge in [-0.25, -0.2) is 0 Å². The largest absolute Gasteiger partial charge is 0.325 e. The predicted molar refractivity (Wildman–Crippen MR) is 137 cm³/mol. The van der Waals surface area contributed by atoms with Gasteiger partial charge >= 0.3 is 0 Å². The van der Waals surface area contributed by atoms with E-state index in [0.29, 0.717) is 19.3 Å². The molecule has 0 aliphatic carbocycles. The molecule has 3 aromatic carbocycles. The highest BCUT2D eigenvalue weighted by molar-refractivity contribution is 6.06. The molecule has 1 N–H and O–H groups in total. The van der Waals surface area contributed by atoms with Crippen LogP contribution >= 0.6 is 0 Å². The molecule has 34 heavy (non-hydrogen) atoms. The van der Waals surface area contributed by atoms with Crippen molar-refractivity contribution in [1.82, 2.24) is 4.90 Å². The zero-order chi connectivity index (χ0) is 24.0. The molecule has 0 aromatic heterocycles. The Morgan fingerprint density at radius 1 is 0.882 bits per heavy atom. The standard InChI is InChI=1S/C30H34N2O2/c1-3-26(33)20-23(2)30(27-16-10-11-17-28(27)31-29(30)34)18-19-32(21-24-12-6-4-7-13-24)22-25-14-8-5-9-15-25/h4-17,23H,3,18-22H2,1-2H3,(H,31,34). The summed E-state index contributed by atoms with van der Waals surface area (Å²) in [6.45, 7) is 6.31. The van der Waals surface area contributed by atoms with Gasteiger partial charge in [0.15, 0.2) is 0 Å². The van der Waals surface area contributed by atoms with Gasteiger partial charge in [0.1, 0.15) is 5.78 Å². The monoisotopic (exact) mass is 454 g/mol. The van der Waals surface area contributed by atoms with Crippen molar-refractivity contribution < 1.29 is 9.59 Å². The summed E-state index contributed by atoms with van der Waals surface area (Å²) in [5, 5.41) is 3.11. The highest BCUT2D eigenvalue weighted by atomic mass is 16.2. The van der Waals surface area contributed by atoms with Crippen LogP contribution in [0.15, 0.2) is 84.9 Å². The van der Waals surface area contributed by atoms with Crippen molar-refractivity contribution in [3.8, 4) is 0 Å². The van der Waals surface area contributed by atoms with Crippen LogP contribution in [-0.4, -0.2) is 23.1 Å². The summed E-state index contributed by atoms with van der Waals surface area (Å²) < 4.78 is 0. The number of carbonyl (C=O) groups excluding carboxylic acids is 2. The van der Waals surface area contributed by atoms with Crippen molar-refractivity contribution >= 4 is 17.4 Å². The summed E-state index contributed by atoms with van der Waals surface area (Å²) in [5.41, 5.74) is 3.68. The lowest BCUT2D eigenvalue weighted by Gasteiger charge is -2.36. The summed E-state index contributed by atoms with van der Waals surface area (Å²) in [7, 11) is 0. The summed E-state index contributed by atoms with van der Waals surface area (Å²) in [4.78, 5) is 28.4. The average molecular weight is 455 g/mol. The van der Waals surface area contributed by atoms with E-state index in [9.17, 15) is 9.59 Å². The van der Waals surface area contributed by atoms with E-state index in [1.807, 2.05) is 37.3 Å². The Morgan fingerprint density at radius 3 is 2.03 bits per heavy atom. The molecule has 3 aromatic rings. The van der Waals surface area contributed by atoms with Gasteiger partial charge < -0.3 is 5.32 Å². The topological polar surface area (TPSA) is 49.4 Å². The molecule has 1 amide bonds. The highest BCUT2D eigenvalue weighted by Gasteiger charge is 2.50. The molecule has 4 nitrogen and oxygen atoms in total. The molecule has 1 aliphatic rings. The Labute approximate surface area is 203 Å². The molecule has 0 saturated carbocycles. The van der Waals surface area contributed by atoms with E-state index in [2.05, 4.69) is 71.7 Å². The fourth-order valence-corrected chi connectivity index (χ4v) is 5.21. The van der Waals surface area contributed by atoms with E-state index in [1.165, 1.54) is 11.1 Å². The number of amides is 1. The van der Waals surface area contributed by atoms with E-state index in [-0.39, 0.29) is 17.6 Å². The number of hydrogen-bond acceptors (Lipinski definition) is 3. The first kappa shape index (κ1) is 23.9. The van der Waals surface area contributed by atoms with Crippen molar-refractivity contribution in [2.75, 3.05) is 11.9 Å². The second kappa shape index (κ2) is 10.8. The second-order valence-corrected chi connectivity index (χ2v) is 9.40. The van der Waals surface area contributed by atoms with Crippen molar-refractivity contribution in [1.29, 1.82) is 0 Å². The maximum atomic E-state index is 13.6. The van der Waals surface area contributed by atoms with E-state index in [0.717, 1.165) is 30.9 Å². The molecule has 0 saturated heterocycles. The Morgan fingerprint density at radius 2 is 1.44 bits per heavy atom. The van der Waals surface area contributed by atoms with Gasteiger partial charge in [0.25, 0.3) is 0 Å². The van der Waals surface area contributed by atoms with Gasteiger partial charge in [-0.05, 0) is 35.1 Å². The Kier molecular flexibility index (Phi) is 7.59. The fraction of sp³-hybridized carbons (Fsp3) is 0.333. The molecule has 0 radical (unpaired) electrons. The SMILES string of the molecule is CCC(=O)CC(C)C1(CCN(Cc2ccccc2)Cc2ccccc2)C(=O)Nc2ccccc21. The number of carbonyl (C=O) groups is 2. The summed E-state index contributed by atoms with van der Waals surface area (Å²) in [5.74, 6) is 0.137. The molecule has 1 aliphatic heterocycles. The van der Waals surface area contributed by atoms with E-state index >= 15 is 0 Å². The van der Waals surface area contributed by atoms with Crippen LogP contribution in [0.5, 0.6) is 0 Å². The van der Waals surface area contributed by atoms with Gasteiger partial charge in [-0.1, -0.05) is 92.7 Å². The van der Waals surface area contributed by atoms with Crippen LogP contribution in [0.4, 0.5) is 5.69 Å². The number of nitrogens with zero attached hydrogens (tertiary/aromatic N) is 1. The average Bonchev–Trinajstić information content (AvgIpc) is 3.15. The molecule has 0 bridgehead atoms. The third-order valence-electron chi connectivity index (χ3n) is 7.15.